The van der Waals surface area contributed by atoms with Gasteiger partial charge in [-0.3, -0.25) is 9.78 Å². The summed E-state index contributed by atoms with van der Waals surface area (Å²) in [6, 6.07) is 11.5. The van der Waals surface area contributed by atoms with Crippen LogP contribution in [0.1, 0.15) is 31.5 Å². The lowest BCUT2D eigenvalue weighted by molar-refractivity contribution is -0.130. The van der Waals surface area contributed by atoms with E-state index in [4.69, 9.17) is 9.97 Å². The smallest absolute Gasteiger partial charge is 0.219 e. The third-order valence-corrected chi connectivity index (χ3v) is 4.85. The van der Waals surface area contributed by atoms with Gasteiger partial charge in [-0.05, 0) is 37.1 Å². The summed E-state index contributed by atoms with van der Waals surface area (Å²) in [6.07, 6.45) is 7.18. The molecular weight excluding hydrogens is 352 g/mol. The third kappa shape index (κ3) is 4.14. The first kappa shape index (κ1) is 18.0. The average molecular weight is 374 g/mol. The Balaban J connectivity index is 1.70. The number of pyridine rings is 2. The van der Waals surface area contributed by atoms with Gasteiger partial charge in [-0.1, -0.05) is 6.07 Å². The van der Waals surface area contributed by atoms with Crippen LogP contribution in [0, 0.1) is 0 Å². The van der Waals surface area contributed by atoms with Gasteiger partial charge in [0.25, 0.3) is 0 Å². The van der Waals surface area contributed by atoms with Crippen LogP contribution in [0.5, 0.6) is 0 Å². The van der Waals surface area contributed by atoms with E-state index in [2.05, 4.69) is 15.3 Å². The number of piperidine rings is 1. The minimum absolute atomic E-state index is 0.0972. The fraction of sp³-hybridized carbons (Fsp3) is 0.286. The zero-order valence-electron chi connectivity index (χ0n) is 15.7. The molecule has 0 spiro atoms. The first-order valence-electron chi connectivity index (χ1n) is 9.42. The molecule has 142 valence electrons. The highest BCUT2D eigenvalue weighted by Crippen LogP contribution is 2.28. The van der Waals surface area contributed by atoms with Crippen molar-refractivity contribution in [3.8, 4) is 11.3 Å². The molecule has 4 rings (SSSR count). The van der Waals surface area contributed by atoms with Gasteiger partial charge < -0.3 is 10.2 Å². The van der Waals surface area contributed by atoms with Crippen LogP contribution in [0.15, 0.2) is 55.0 Å². The molecule has 1 amide bonds. The van der Waals surface area contributed by atoms with Gasteiger partial charge in [0, 0.05) is 56.2 Å². The van der Waals surface area contributed by atoms with Crippen LogP contribution in [-0.2, 0) is 4.79 Å². The molecule has 0 aliphatic carbocycles. The van der Waals surface area contributed by atoms with E-state index in [1.807, 2.05) is 41.3 Å². The van der Waals surface area contributed by atoms with E-state index in [0.717, 1.165) is 42.3 Å². The second kappa shape index (κ2) is 8.12. The largest absolute Gasteiger partial charge is 0.342 e. The Morgan fingerprint density at radius 2 is 2.07 bits per heavy atom. The summed E-state index contributed by atoms with van der Waals surface area (Å²) in [5.41, 5.74) is 1.73. The fourth-order valence-corrected chi connectivity index (χ4v) is 3.42. The molecule has 1 atom stereocenters. The van der Waals surface area contributed by atoms with Crippen molar-refractivity contribution < 1.29 is 4.79 Å². The molecule has 3 aromatic heterocycles. The van der Waals surface area contributed by atoms with Crippen LogP contribution in [0.4, 0.5) is 11.6 Å². The van der Waals surface area contributed by atoms with Crippen LogP contribution in [0.2, 0.25) is 0 Å². The Hall–Kier alpha value is -3.35. The molecule has 28 heavy (non-hydrogen) atoms. The van der Waals surface area contributed by atoms with E-state index in [1.165, 1.54) is 0 Å². The van der Waals surface area contributed by atoms with Crippen LogP contribution in [0.25, 0.3) is 11.3 Å². The van der Waals surface area contributed by atoms with E-state index >= 15 is 0 Å². The number of hydrogen-bond donors (Lipinski definition) is 1. The van der Waals surface area contributed by atoms with Crippen molar-refractivity contribution in [1.29, 1.82) is 0 Å². The number of carbonyl (C=O) groups excluding carboxylic acids is 1. The minimum atomic E-state index is 0.0972. The Morgan fingerprint density at radius 1 is 1.14 bits per heavy atom. The number of rotatable bonds is 4. The summed E-state index contributed by atoms with van der Waals surface area (Å²) >= 11 is 0. The summed E-state index contributed by atoms with van der Waals surface area (Å²) in [5, 5.41) is 3.26. The summed E-state index contributed by atoms with van der Waals surface area (Å²) in [4.78, 5) is 31.8. The van der Waals surface area contributed by atoms with Crippen molar-refractivity contribution in [2.75, 3.05) is 18.4 Å². The molecule has 1 N–H and O–H groups in total. The maximum Gasteiger partial charge on any atom is 0.219 e. The van der Waals surface area contributed by atoms with Gasteiger partial charge in [0.05, 0.1) is 5.69 Å². The molecular formula is C21H22N6O. The first-order chi connectivity index (χ1) is 13.7. The zero-order valence-corrected chi connectivity index (χ0v) is 15.7. The Morgan fingerprint density at radius 3 is 2.82 bits per heavy atom. The highest BCUT2D eigenvalue weighted by atomic mass is 16.2. The van der Waals surface area contributed by atoms with E-state index < -0.39 is 0 Å². The van der Waals surface area contributed by atoms with Gasteiger partial charge in [0.1, 0.15) is 17.5 Å². The first-order valence-corrected chi connectivity index (χ1v) is 9.42. The second-order valence-corrected chi connectivity index (χ2v) is 6.88. The zero-order chi connectivity index (χ0) is 19.3. The van der Waals surface area contributed by atoms with Crippen molar-refractivity contribution in [3.63, 3.8) is 0 Å². The van der Waals surface area contributed by atoms with Crippen molar-refractivity contribution in [3.05, 3.63) is 60.8 Å². The topological polar surface area (TPSA) is 83.9 Å². The predicted molar refractivity (Wildman–Crippen MR) is 107 cm³/mol. The lowest BCUT2D eigenvalue weighted by atomic mass is 9.97. The lowest BCUT2D eigenvalue weighted by Gasteiger charge is -2.31. The lowest BCUT2D eigenvalue weighted by Crippen LogP contribution is -2.38. The third-order valence-electron chi connectivity index (χ3n) is 4.85. The number of anilines is 2. The monoisotopic (exact) mass is 374 g/mol. The summed E-state index contributed by atoms with van der Waals surface area (Å²) in [6.45, 7) is 3.06. The molecule has 0 aromatic carbocycles. The van der Waals surface area contributed by atoms with Gasteiger partial charge >= 0.3 is 0 Å². The molecule has 7 nitrogen and oxygen atoms in total. The van der Waals surface area contributed by atoms with Crippen molar-refractivity contribution >= 4 is 17.5 Å². The molecule has 1 unspecified atom stereocenters. The number of hydrogen-bond acceptors (Lipinski definition) is 6. The molecule has 1 saturated heterocycles. The maximum atomic E-state index is 11.8. The quantitative estimate of drug-likeness (QED) is 0.753. The second-order valence-electron chi connectivity index (χ2n) is 6.88. The summed E-state index contributed by atoms with van der Waals surface area (Å²) in [5.74, 6) is 2.35. The average Bonchev–Trinajstić information content (AvgIpc) is 2.75. The summed E-state index contributed by atoms with van der Waals surface area (Å²) in [7, 11) is 0. The normalized spacial score (nSPS) is 16.6. The van der Waals surface area contributed by atoms with E-state index in [1.54, 1.807) is 25.5 Å². The van der Waals surface area contributed by atoms with Gasteiger partial charge in [-0.15, -0.1) is 0 Å². The van der Waals surface area contributed by atoms with Gasteiger partial charge in [0.2, 0.25) is 5.91 Å². The number of nitrogens with one attached hydrogen (secondary N) is 1. The number of amides is 1. The van der Waals surface area contributed by atoms with Crippen LogP contribution in [-0.4, -0.2) is 43.8 Å². The van der Waals surface area contributed by atoms with E-state index in [-0.39, 0.29) is 11.8 Å². The maximum absolute atomic E-state index is 11.8. The molecule has 3 aromatic rings. The van der Waals surface area contributed by atoms with E-state index in [9.17, 15) is 4.79 Å². The van der Waals surface area contributed by atoms with Crippen molar-refractivity contribution in [1.82, 2.24) is 24.8 Å². The minimum Gasteiger partial charge on any atom is -0.342 e. The molecule has 0 saturated carbocycles. The van der Waals surface area contributed by atoms with Crippen molar-refractivity contribution in [2.45, 2.75) is 25.7 Å². The standard InChI is InChI=1S/C21H22N6O/c1-15(28)27-11-5-7-17(14-27)21-24-18(16-6-4-9-22-13-16)12-20(26-21)25-19-8-2-3-10-23-19/h2-4,6,8-10,12-13,17H,5,7,11,14H2,1H3,(H,23,24,25,26). The number of aromatic nitrogens is 4. The van der Waals surface area contributed by atoms with Crippen LogP contribution >= 0.6 is 0 Å². The SMILES string of the molecule is CC(=O)N1CCCC(c2nc(Nc3ccccn3)cc(-c3cccnc3)n2)C1. The Kier molecular flexibility index (Phi) is 5.23. The molecule has 1 fully saturated rings. The molecule has 1 aliphatic heterocycles. The molecule has 7 heteroatoms. The van der Waals surface area contributed by atoms with E-state index in [0.29, 0.717) is 12.4 Å². The number of likely N-dealkylation sites (tertiary alicyclic amines) is 1. The van der Waals surface area contributed by atoms with Crippen LogP contribution in [0.3, 0.4) is 0 Å². The van der Waals surface area contributed by atoms with Gasteiger partial charge in [-0.2, -0.15) is 0 Å². The van der Waals surface area contributed by atoms with Gasteiger partial charge in [0.15, 0.2) is 0 Å². The van der Waals surface area contributed by atoms with Crippen molar-refractivity contribution in [2.24, 2.45) is 0 Å². The molecule has 0 radical (unpaired) electrons. The molecule has 1 aliphatic rings. The summed E-state index contributed by atoms with van der Waals surface area (Å²) < 4.78 is 0. The Labute approximate surface area is 163 Å². The molecule has 0 bridgehead atoms. The fourth-order valence-electron chi connectivity index (χ4n) is 3.42. The molecule has 4 heterocycles. The number of carbonyl (C=O) groups is 1. The van der Waals surface area contributed by atoms with Gasteiger partial charge in [-0.25, -0.2) is 15.0 Å². The predicted octanol–water partition coefficient (Wildman–Crippen LogP) is 3.40. The van der Waals surface area contributed by atoms with Crippen LogP contribution < -0.4 is 5.32 Å². The highest BCUT2D eigenvalue weighted by molar-refractivity contribution is 5.73. The highest BCUT2D eigenvalue weighted by Gasteiger charge is 2.25. The Bertz CT molecular complexity index is 948. The number of nitrogens with zero attached hydrogens (tertiary/aromatic N) is 5.